The van der Waals surface area contributed by atoms with E-state index in [4.69, 9.17) is 4.42 Å². The Kier molecular flexibility index (Phi) is 4.58. The SMILES string of the molecule is Cc1ccc([C@@H]2CC(=O)N3C[NH+](Cc4ccco4)CSC3=C2C#N)cc1. The molecule has 0 aliphatic carbocycles. The third-order valence-corrected chi connectivity index (χ3v) is 6.17. The van der Waals surface area contributed by atoms with Crippen LogP contribution in [0, 0.1) is 18.3 Å². The Bertz CT molecular complexity index is 881. The van der Waals surface area contributed by atoms with Crippen LogP contribution in [-0.4, -0.2) is 23.4 Å². The van der Waals surface area contributed by atoms with E-state index in [1.165, 1.54) is 10.5 Å². The lowest BCUT2D eigenvalue weighted by Gasteiger charge is -2.38. The fourth-order valence-corrected chi connectivity index (χ4v) is 4.73. The van der Waals surface area contributed by atoms with Crippen molar-refractivity contribution in [3.8, 4) is 6.07 Å². The number of rotatable bonds is 3. The molecule has 1 amide bonds. The van der Waals surface area contributed by atoms with Crippen LogP contribution >= 0.6 is 11.8 Å². The number of carbonyl (C=O) groups excluding carboxylic acids is 1. The molecule has 2 aromatic rings. The standard InChI is InChI=1S/C20H19N3O2S/c1-14-4-6-15(7-5-14)17-9-19(24)23-12-22(11-16-3-2-8-25-16)13-26-20(23)18(17)10-21/h2-8,17H,9,11-13H2,1H3/p+1/t17-/m0/s1. The molecule has 1 aromatic carbocycles. The average molecular weight is 366 g/mol. The molecule has 1 saturated heterocycles. The molecule has 0 bridgehead atoms. The van der Waals surface area contributed by atoms with Crippen LogP contribution in [0.4, 0.5) is 0 Å². The zero-order chi connectivity index (χ0) is 18.1. The predicted molar refractivity (Wildman–Crippen MR) is 98.7 cm³/mol. The number of amides is 1. The third kappa shape index (κ3) is 3.16. The lowest BCUT2D eigenvalue weighted by atomic mass is 9.86. The summed E-state index contributed by atoms with van der Waals surface area (Å²) in [7, 11) is 0. The highest BCUT2D eigenvalue weighted by Crippen LogP contribution is 2.40. The van der Waals surface area contributed by atoms with E-state index in [1.807, 2.05) is 43.3 Å². The van der Waals surface area contributed by atoms with Gasteiger partial charge in [-0.15, -0.1) is 0 Å². The molecule has 0 saturated carbocycles. The number of hydrogen-bond donors (Lipinski definition) is 1. The monoisotopic (exact) mass is 366 g/mol. The van der Waals surface area contributed by atoms with Gasteiger partial charge in [0.25, 0.3) is 0 Å². The van der Waals surface area contributed by atoms with Gasteiger partial charge < -0.3 is 9.32 Å². The van der Waals surface area contributed by atoms with Crippen LogP contribution in [-0.2, 0) is 11.3 Å². The first-order chi connectivity index (χ1) is 12.7. The zero-order valence-corrected chi connectivity index (χ0v) is 15.4. The fourth-order valence-electron chi connectivity index (χ4n) is 3.53. The van der Waals surface area contributed by atoms with Crippen molar-refractivity contribution in [3.05, 3.63) is 70.2 Å². The van der Waals surface area contributed by atoms with Crippen LogP contribution in [0.5, 0.6) is 0 Å². The molecular weight excluding hydrogens is 346 g/mol. The molecule has 1 fully saturated rings. The number of nitriles is 1. The number of carbonyl (C=O) groups is 1. The van der Waals surface area contributed by atoms with Gasteiger partial charge in [-0.05, 0) is 36.4 Å². The topological polar surface area (TPSA) is 61.7 Å². The van der Waals surface area contributed by atoms with E-state index >= 15 is 0 Å². The minimum absolute atomic E-state index is 0.0914. The fraction of sp³-hybridized carbons (Fsp3) is 0.300. The Morgan fingerprint density at radius 2 is 2.15 bits per heavy atom. The van der Waals surface area contributed by atoms with E-state index in [9.17, 15) is 10.1 Å². The van der Waals surface area contributed by atoms with Crippen molar-refractivity contribution in [3.63, 3.8) is 0 Å². The van der Waals surface area contributed by atoms with E-state index in [2.05, 4.69) is 6.07 Å². The molecule has 1 aromatic heterocycles. The van der Waals surface area contributed by atoms with Crippen molar-refractivity contribution >= 4 is 17.7 Å². The third-order valence-electron chi connectivity index (χ3n) is 4.90. The van der Waals surface area contributed by atoms with E-state index in [-0.39, 0.29) is 11.8 Å². The van der Waals surface area contributed by atoms with Gasteiger partial charge in [-0.3, -0.25) is 9.69 Å². The molecule has 0 spiro atoms. The number of allylic oxidation sites excluding steroid dienone is 1. The first kappa shape index (κ1) is 17.0. The summed E-state index contributed by atoms with van der Waals surface area (Å²) in [5, 5.41) is 10.6. The van der Waals surface area contributed by atoms with E-state index < -0.39 is 0 Å². The molecule has 132 valence electrons. The highest BCUT2D eigenvalue weighted by molar-refractivity contribution is 8.02. The van der Waals surface area contributed by atoms with Gasteiger partial charge in [-0.25, -0.2) is 0 Å². The number of aryl methyl sites for hydroxylation is 1. The maximum Gasteiger partial charge on any atom is 0.232 e. The molecule has 0 radical (unpaired) electrons. The molecule has 2 aliphatic rings. The molecule has 4 rings (SSSR count). The molecule has 3 heterocycles. The smallest absolute Gasteiger partial charge is 0.232 e. The van der Waals surface area contributed by atoms with Crippen molar-refractivity contribution < 1.29 is 14.1 Å². The Hall–Kier alpha value is -2.49. The van der Waals surface area contributed by atoms with Crippen LogP contribution in [0.2, 0.25) is 0 Å². The number of hydrogen-bond acceptors (Lipinski definition) is 4. The predicted octanol–water partition coefficient (Wildman–Crippen LogP) is 2.39. The first-order valence-corrected chi connectivity index (χ1v) is 9.64. The quantitative estimate of drug-likeness (QED) is 0.906. The number of nitrogens with zero attached hydrogens (tertiary/aromatic N) is 2. The summed E-state index contributed by atoms with van der Waals surface area (Å²) >= 11 is 1.60. The second-order valence-corrected chi connectivity index (χ2v) is 7.74. The second-order valence-electron chi connectivity index (χ2n) is 6.77. The van der Waals surface area contributed by atoms with Gasteiger partial charge in [-0.1, -0.05) is 29.8 Å². The van der Waals surface area contributed by atoms with E-state index in [0.717, 1.165) is 34.3 Å². The highest BCUT2D eigenvalue weighted by atomic mass is 32.2. The second kappa shape index (κ2) is 7.02. The minimum atomic E-state index is -0.140. The van der Waals surface area contributed by atoms with E-state index in [1.54, 1.807) is 22.9 Å². The van der Waals surface area contributed by atoms with Crippen molar-refractivity contribution in [1.29, 1.82) is 5.26 Å². The number of benzene rings is 1. The maximum atomic E-state index is 12.8. The molecular formula is C20H20N3O2S+. The van der Waals surface area contributed by atoms with Crippen LogP contribution in [0.15, 0.2) is 57.7 Å². The van der Waals surface area contributed by atoms with Crippen LogP contribution in [0.1, 0.15) is 29.2 Å². The highest BCUT2D eigenvalue weighted by Gasteiger charge is 2.39. The van der Waals surface area contributed by atoms with E-state index in [0.29, 0.717) is 13.1 Å². The molecule has 1 unspecified atom stereocenters. The molecule has 2 aliphatic heterocycles. The lowest BCUT2D eigenvalue weighted by Crippen LogP contribution is -3.12. The van der Waals surface area contributed by atoms with Crippen LogP contribution < -0.4 is 4.90 Å². The molecule has 2 atom stereocenters. The minimum Gasteiger partial charge on any atom is -0.463 e. The van der Waals surface area contributed by atoms with Crippen LogP contribution in [0.3, 0.4) is 0 Å². The van der Waals surface area contributed by atoms with Crippen LogP contribution in [0.25, 0.3) is 0 Å². The van der Waals surface area contributed by atoms with Gasteiger partial charge in [0.05, 0.1) is 17.9 Å². The molecule has 26 heavy (non-hydrogen) atoms. The molecule has 6 heteroatoms. The molecule has 5 nitrogen and oxygen atoms in total. The Morgan fingerprint density at radius 1 is 1.35 bits per heavy atom. The van der Waals surface area contributed by atoms with Crippen molar-refractivity contribution in [2.45, 2.75) is 25.8 Å². The Morgan fingerprint density at radius 3 is 2.85 bits per heavy atom. The summed E-state index contributed by atoms with van der Waals surface area (Å²) in [6, 6.07) is 14.4. The Labute approximate surface area is 156 Å². The summed E-state index contributed by atoms with van der Waals surface area (Å²) < 4.78 is 5.43. The molecule has 1 N–H and O–H groups in total. The first-order valence-electron chi connectivity index (χ1n) is 8.65. The van der Waals surface area contributed by atoms with Crippen molar-refractivity contribution in [1.82, 2.24) is 4.90 Å². The summed E-state index contributed by atoms with van der Waals surface area (Å²) in [6.45, 7) is 3.35. The average Bonchev–Trinajstić information content (AvgIpc) is 3.15. The summed E-state index contributed by atoms with van der Waals surface area (Å²) in [4.78, 5) is 15.9. The van der Waals surface area contributed by atoms with Crippen molar-refractivity contribution in [2.24, 2.45) is 0 Å². The van der Waals surface area contributed by atoms with Gasteiger partial charge in [0, 0.05) is 12.3 Å². The largest absolute Gasteiger partial charge is 0.463 e. The number of furan rings is 1. The Balaban J connectivity index is 1.60. The number of nitrogens with one attached hydrogen (secondary N) is 1. The van der Waals surface area contributed by atoms with Gasteiger partial charge >= 0.3 is 0 Å². The maximum absolute atomic E-state index is 12.8. The summed E-state index contributed by atoms with van der Waals surface area (Å²) in [5.41, 5.74) is 2.93. The number of fused-ring (bicyclic) bond motifs is 1. The van der Waals surface area contributed by atoms with Gasteiger partial charge in [0.2, 0.25) is 5.91 Å². The van der Waals surface area contributed by atoms with Gasteiger partial charge in [-0.2, -0.15) is 5.26 Å². The number of quaternary nitrogens is 1. The summed E-state index contributed by atoms with van der Waals surface area (Å²) in [6.07, 6.45) is 2.02. The van der Waals surface area contributed by atoms with Crippen molar-refractivity contribution in [2.75, 3.05) is 12.5 Å². The summed E-state index contributed by atoms with van der Waals surface area (Å²) in [5.74, 6) is 1.67. The zero-order valence-electron chi connectivity index (χ0n) is 14.6. The normalized spacial score (nSPS) is 22.9. The van der Waals surface area contributed by atoms with Gasteiger partial charge in [0.1, 0.15) is 17.5 Å². The lowest BCUT2D eigenvalue weighted by molar-refractivity contribution is -0.911. The van der Waals surface area contributed by atoms with Gasteiger partial charge in [0.15, 0.2) is 12.4 Å². The number of thioether (sulfide) groups is 1.